The van der Waals surface area contributed by atoms with E-state index in [4.69, 9.17) is 0 Å². The monoisotopic (exact) mass is 402 g/mol. The van der Waals surface area contributed by atoms with Crippen molar-refractivity contribution in [1.82, 2.24) is 10.3 Å². The van der Waals surface area contributed by atoms with Gasteiger partial charge in [-0.1, -0.05) is 29.8 Å². The summed E-state index contributed by atoms with van der Waals surface area (Å²) in [6.45, 7) is 3.58. The van der Waals surface area contributed by atoms with Gasteiger partial charge in [0.15, 0.2) is 0 Å². The Balaban J connectivity index is 1.46. The van der Waals surface area contributed by atoms with E-state index in [1.54, 1.807) is 24.4 Å². The van der Waals surface area contributed by atoms with Gasteiger partial charge in [0.1, 0.15) is 11.9 Å². The quantitative estimate of drug-likeness (QED) is 0.714. The summed E-state index contributed by atoms with van der Waals surface area (Å²) in [5, 5.41) is 13.4. The first-order valence-corrected chi connectivity index (χ1v) is 10.1. The molecule has 2 heterocycles. The molecule has 1 aliphatic rings. The molecular formula is C24H23FN4O. The van der Waals surface area contributed by atoms with E-state index < -0.39 is 0 Å². The van der Waals surface area contributed by atoms with Crippen LogP contribution in [0.1, 0.15) is 29.5 Å². The number of fused-ring (bicyclic) bond motifs is 1. The molecule has 0 saturated carbocycles. The van der Waals surface area contributed by atoms with Crippen LogP contribution in [0.25, 0.3) is 10.9 Å². The molecule has 0 unspecified atom stereocenters. The fraction of sp³-hybridized carbons (Fsp3) is 0.292. The summed E-state index contributed by atoms with van der Waals surface area (Å²) in [5.41, 5.74) is 3.91. The second-order valence-corrected chi connectivity index (χ2v) is 7.72. The van der Waals surface area contributed by atoms with Crippen molar-refractivity contribution in [3.63, 3.8) is 0 Å². The molecule has 1 aliphatic heterocycles. The molecule has 6 heteroatoms. The molecule has 152 valence electrons. The number of halogens is 1. The van der Waals surface area contributed by atoms with Crippen LogP contribution in [0.4, 0.5) is 10.1 Å². The summed E-state index contributed by atoms with van der Waals surface area (Å²) >= 11 is 0. The molecule has 30 heavy (non-hydrogen) atoms. The van der Waals surface area contributed by atoms with E-state index in [0.29, 0.717) is 37.1 Å². The van der Waals surface area contributed by atoms with E-state index in [-0.39, 0.29) is 24.2 Å². The standard InChI is InChI=1S/C24H23FN4O/c1-16-6-7-22-20(12-16)23(19(13-26)15-27-22)29-10-8-17(9-11-29)24(30)28-14-18-4-2-3-5-21(18)25/h2-7,12,15,17H,8-11,14H2,1H3,(H,28,30). The normalized spacial score (nSPS) is 14.5. The van der Waals surface area contributed by atoms with Gasteiger partial charge in [-0.3, -0.25) is 9.78 Å². The predicted octanol–water partition coefficient (Wildman–Crippen LogP) is 4.09. The largest absolute Gasteiger partial charge is 0.370 e. The highest BCUT2D eigenvalue weighted by Gasteiger charge is 2.27. The first-order valence-electron chi connectivity index (χ1n) is 10.1. The number of amides is 1. The lowest BCUT2D eigenvalue weighted by atomic mass is 9.94. The zero-order chi connectivity index (χ0) is 21.1. The van der Waals surface area contributed by atoms with Crippen LogP contribution in [-0.2, 0) is 11.3 Å². The predicted molar refractivity (Wildman–Crippen MR) is 114 cm³/mol. The van der Waals surface area contributed by atoms with Crippen LogP contribution < -0.4 is 10.2 Å². The first-order chi connectivity index (χ1) is 14.6. The SMILES string of the molecule is Cc1ccc2ncc(C#N)c(N3CCC(C(=O)NCc4ccccc4F)CC3)c2c1. The third kappa shape index (κ3) is 3.97. The number of aryl methyl sites for hydroxylation is 1. The van der Waals surface area contributed by atoms with Crippen LogP contribution in [-0.4, -0.2) is 24.0 Å². The molecule has 1 N–H and O–H groups in total. The third-order valence-electron chi connectivity index (χ3n) is 5.71. The number of hydrogen-bond donors (Lipinski definition) is 1. The highest BCUT2D eigenvalue weighted by molar-refractivity contribution is 5.95. The Morgan fingerprint density at radius 3 is 2.77 bits per heavy atom. The molecule has 1 amide bonds. The molecule has 1 saturated heterocycles. The van der Waals surface area contributed by atoms with Gasteiger partial charge in [0.05, 0.1) is 16.8 Å². The molecular weight excluding hydrogens is 379 g/mol. The van der Waals surface area contributed by atoms with E-state index in [2.05, 4.69) is 27.3 Å². The number of hydrogen-bond acceptors (Lipinski definition) is 4. The maximum Gasteiger partial charge on any atom is 0.223 e. The van der Waals surface area contributed by atoms with E-state index in [0.717, 1.165) is 22.2 Å². The molecule has 2 aromatic carbocycles. The van der Waals surface area contributed by atoms with Gasteiger partial charge in [-0.2, -0.15) is 5.26 Å². The molecule has 0 atom stereocenters. The summed E-state index contributed by atoms with van der Waals surface area (Å²) in [5.74, 6) is -0.473. The van der Waals surface area contributed by atoms with Gasteiger partial charge in [-0.25, -0.2) is 4.39 Å². The van der Waals surface area contributed by atoms with Crippen molar-refractivity contribution >= 4 is 22.5 Å². The van der Waals surface area contributed by atoms with Crippen LogP contribution >= 0.6 is 0 Å². The minimum Gasteiger partial charge on any atom is -0.370 e. The second kappa shape index (κ2) is 8.50. The number of anilines is 1. The lowest BCUT2D eigenvalue weighted by Gasteiger charge is -2.34. The Bertz CT molecular complexity index is 1130. The lowest BCUT2D eigenvalue weighted by Crippen LogP contribution is -2.40. The van der Waals surface area contributed by atoms with Crippen molar-refractivity contribution in [2.24, 2.45) is 5.92 Å². The fourth-order valence-electron chi connectivity index (χ4n) is 4.05. The number of nitrogens with zero attached hydrogens (tertiary/aromatic N) is 3. The maximum absolute atomic E-state index is 13.8. The smallest absolute Gasteiger partial charge is 0.223 e. The molecule has 1 aromatic heterocycles. The molecule has 0 spiro atoms. The Labute approximate surface area is 175 Å². The minimum atomic E-state index is -0.309. The Morgan fingerprint density at radius 2 is 2.03 bits per heavy atom. The minimum absolute atomic E-state index is 0.0474. The number of aromatic nitrogens is 1. The summed E-state index contributed by atoms with van der Waals surface area (Å²) < 4.78 is 13.8. The molecule has 5 nitrogen and oxygen atoms in total. The van der Waals surface area contributed by atoms with E-state index in [1.807, 2.05) is 19.1 Å². The van der Waals surface area contributed by atoms with Crippen molar-refractivity contribution in [3.05, 3.63) is 71.2 Å². The number of nitriles is 1. The molecule has 3 aromatic rings. The zero-order valence-electron chi connectivity index (χ0n) is 16.9. The number of carbonyl (C=O) groups excluding carboxylic acids is 1. The summed E-state index contributed by atoms with van der Waals surface area (Å²) in [4.78, 5) is 19.2. The van der Waals surface area contributed by atoms with Crippen molar-refractivity contribution in [3.8, 4) is 6.07 Å². The molecule has 4 rings (SSSR count). The maximum atomic E-state index is 13.8. The van der Waals surface area contributed by atoms with Gasteiger partial charge in [0, 0.05) is 42.7 Å². The molecule has 0 radical (unpaired) electrons. The molecule has 0 aliphatic carbocycles. The van der Waals surface area contributed by atoms with E-state index in [1.165, 1.54) is 6.07 Å². The van der Waals surface area contributed by atoms with Crippen molar-refractivity contribution in [2.75, 3.05) is 18.0 Å². The Morgan fingerprint density at radius 1 is 1.27 bits per heavy atom. The van der Waals surface area contributed by atoms with E-state index in [9.17, 15) is 14.4 Å². The Kier molecular flexibility index (Phi) is 5.62. The van der Waals surface area contributed by atoms with Crippen LogP contribution in [0.5, 0.6) is 0 Å². The number of rotatable bonds is 4. The first kappa shape index (κ1) is 19.8. The van der Waals surface area contributed by atoms with Gasteiger partial charge >= 0.3 is 0 Å². The summed E-state index contributed by atoms with van der Waals surface area (Å²) in [6.07, 6.45) is 2.99. The average molecular weight is 402 g/mol. The average Bonchev–Trinajstić information content (AvgIpc) is 2.77. The van der Waals surface area contributed by atoms with Crippen molar-refractivity contribution < 1.29 is 9.18 Å². The van der Waals surface area contributed by atoms with Crippen LogP contribution in [0.3, 0.4) is 0 Å². The number of benzene rings is 2. The van der Waals surface area contributed by atoms with Gasteiger partial charge < -0.3 is 10.2 Å². The van der Waals surface area contributed by atoms with Crippen molar-refractivity contribution in [1.29, 1.82) is 5.26 Å². The number of carbonyl (C=O) groups is 1. The van der Waals surface area contributed by atoms with Gasteiger partial charge in [-0.15, -0.1) is 0 Å². The zero-order valence-corrected chi connectivity index (χ0v) is 16.9. The summed E-state index contributed by atoms with van der Waals surface area (Å²) in [6, 6.07) is 14.8. The third-order valence-corrected chi connectivity index (χ3v) is 5.71. The Hall–Kier alpha value is -3.46. The van der Waals surface area contributed by atoms with Crippen LogP contribution in [0.15, 0.2) is 48.7 Å². The van der Waals surface area contributed by atoms with Gasteiger partial charge in [0.25, 0.3) is 0 Å². The van der Waals surface area contributed by atoms with Crippen LogP contribution in [0, 0.1) is 30.0 Å². The summed E-state index contributed by atoms with van der Waals surface area (Å²) in [7, 11) is 0. The highest BCUT2D eigenvalue weighted by atomic mass is 19.1. The number of nitrogens with one attached hydrogen (secondary N) is 1. The second-order valence-electron chi connectivity index (χ2n) is 7.72. The van der Waals surface area contributed by atoms with Gasteiger partial charge in [0.2, 0.25) is 5.91 Å². The van der Waals surface area contributed by atoms with E-state index >= 15 is 0 Å². The number of piperidine rings is 1. The van der Waals surface area contributed by atoms with Crippen molar-refractivity contribution in [2.45, 2.75) is 26.3 Å². The van der Waals surface area contributed by atoms with Gasteiger partial charge in [-0.05, 0) is 38.0 Å². The lowest BCUT2D eigenvalue weighted by molar-refractivity contribution is -0.125. The van der Waals surface area contributed by atoms with Crippen LogP contribution in [0.2, 0.25) is 0 Å². The fourth-order valence-corrected chi connectivity index (χ4v) is 4.05. The topological polar surface area (TPSA) is 69.0 Å². The molecule has 1 fully saturated rings. The molecule has 0 bridgehead atoms. The highest BCUT2D eigenvalue weighted by Crippen LogP contribution is 2.33. The number of pyridine rings is 1.